The lowest BCUT2D eigenvalue weighted by molar-refractivity contribution is -0.137. The number of aryl methyl sites for hydroxylation is 1. The standard InChI is InChI=1S/C20H23N3O4/c1-13-11-21-12-17(22-13)27-15-7-5-14(6-8-15)18(24)23-16(19(25)26)9-10-20(2,3)4/h5-12,16H,1-4H3,(H,23,24)(H,25,26)/b10-9+/t16-/m1/s1. The van der Waals surface area contributed by atoms with Crippen molar-refractivity contribution >= 4 is 11.9 Å². The van der Waals surface area contributed by atoms with Gasteiger partial charge in [-0.1, -0.05) is 32.9 Å². The summed E-state index contributed by atoms with van der Waals surface area (Å²) in [4.78, 5) is 31.9. The third kappa shape index (κ3) is 6.54. The number of allylic oxidation sites excluding steroid dienone is 1. The lowest BCUT2D eigenvalue weighted by Crippen LogP contribution is -2.39. The SMILES string of the molecule is Cc1cncc(Oc2ccc(C(=O)N[C@H](/C=C/C(C)(C)C)C(=O)O)cc2)n1. The van der Waals surface area contributed by atoms with Gasteiger partial charge in [-0.15, -0.1) is 0 Å². The zero-order valence-electron chi connectivity index (χ0n) is 15.8. The maximum absolute atomic E-state index is 12.3. The number of carbonyl (C=O) groups excluding carboxylic acids is 1. The van der Waals surface area contributed by atoms with Gasteiger partial charge < -0.3 is 15.2 Å². The maximum atomic E-state index is 12.3. The molecule has 0 saturated carbocycles. The topological polar surface area (TPSA) is 101 Å². The smallest absolute Gasteiger partial charge is 0.330 e. The Morgan fingerprint density at radius 2 is 1.85 bits per heavy atom. The fourth-order valence-electron chi connectivity index (χ4n) is 2.09. The molecule has 0 radical (unpaired) electrons. The number of nitrogens with one attached hydrogen (secondary N) is 1. The molecule has 0 saturated heterocycles. The van der Waals surface area contributed by atoms with Crippen LogP contribution in [0, 0.1) is 12.3 Å². The summed E-state index contributed by atoms with van der Waals surface area (Å²) in [5.74, 6) is -0.760. The molecule has 1 aromatic carbocycles. The molecule has 0 spiro atoms. The highest BCUT2D eigenvalue weighted by Crippen LogP contribution is 2.19. The number of rotatable bonds is 6. The number of aromatic nitrogens is 2. The minimum Gasteiger partial charge on any atom is -0.479 e. The molecule has 2 aromatic rings. The molecule has 1 atom stereocenters. The van der Waals surface area contributed by atoms with E-state index in [1.165, 1.54) is 12.3 Å². The second-order valence-corrected chi connectivity index (χ2v) is 7.14. The van der Waals surface area contributed by atoms with Gasteiger partial charge in [-0.3, -0.25) is 9.78 Å². The second kappa shape index (κ2) is 8.44. The van der Waals surface area contributed by atoms with Crippen molar-refractivity contribution in [1.29, 1.82) is 0 Å². The monoisotopic (exact) mass is 369 g/mol. The number of amides is 1. The molecule has 2 rings (SSSR count). The van der Waals surface area contributed by atoms with Crippen molar-refractivity contribution in [3.05, 3.63) is 60.1 Å². The van der Waals surface area contributed by atoms with Crippen LogP contribution in [0.25, 0.3) is 0 Å². The number of hydrogen-bond donors (Lipinski definition) is 2. The summed E-state index contributed by atoms with van der Waals surface area (Å²) in [6.45, 7) is 7.64. The van der Waals surface area contributed by atoms with Crippen molar-refractivity contribution < 1.29 is 19.4 Å². The third-order valence-electron chi connectivity index (χ3n) is 3.41. The largest absolute Gasteiger partial charge is 0.479 e. The first kappa shape index (κ1) is 20.1. The molecule has 1 aromatic heterocycles. The summed E-state index contributed by atoms with van der Waals surface area (Å²) in [6.07, 6.45) is 6.35. The first-order valence-electron chi connectivity index (χ1n) is 8.44. The minimum absolute atomic E-state index is 0.184. The van der Waals surface area contributed by atoms with Gasteiger partial charge >= 0.3 is 5.97 Å². The second-order valence-electron chi connectivity index (χ2n) is 7.14. The van der Waals surface area contributed by atoms with Gasteiger partial charge in [0, 0.05) is 11.8 Å². The Morgan fingerprint density at radius 3 is 2.41 bits per heavy atom. The van der Waals surface area contributed by atoms with Gasteiger partial charge in [0.25, 0.3) is 5.91 Å². The molecule has 2 N–H and O–H groups in total. The van der Waals surface area contributed by atoms with Crippen molar-refractivity contribution in [1.82, 2.24) is 15.3 Å². The van der Waals surface area contributed by atoms with Crippen LogP contribution < -0.4 is 10.1 Å². The summed E-state index contributed by atoms with van der Waals surface area (Å²) in [5.41, 5.74) is 0.871. The summed E-state index contributed by atoms with van der Waals surface area (Å²) >= 11 is 0. The maximum Gasteiger partial charge on any atom is 0.330 e. The van der Waals surface area contributed by atoms with Gasteiger partial charge in [0.2, 0.25) is 5.88 Å². The van der Waals surface area contributed by atoms with Crippen LogP contribution in [0.5, 0.6) is 11.6 Å². The molecule has 27 heavy (non-hydrogen) atoms. The third-order valence-corrected chi connectivity index (χ3v) is 3.41. The van der Waals surface area contributed by atoms with Gasteiger partial charge in [0.05, 0.1) is 11.9 Å². The first-order chi connectivity index (χ1) is 12.6. The highest BCUT2D eigenvalue weighted by Gasteiger charge is 2.19. The average molecular weight is 369 g/mol. The van der Waals surface area contributed by atoms with Crippen LogP contribution >= 0.6 is 0 Å². The van der Waals surface area contributed by atoms with Gasteiger partial charge in [0.1, 0.15) is 11.8 Å². The van der Waals surface area contributed by atoms with Gasteiger partial charge in [-0.05, 0) is 36.6 Å². The van der Waals surface area contributed by atoms with Crippen LogP contribution in [0.15, 0.2) is 48.8 Å². The van der Waals surface area contributed by atoms with E-state index in [0.29, 0.717) is 17.2 Å². The van der Waals surface area contributed by atoms with Crippen LogP contribution in [-0.4, -0.2) is 33.0 Å². The number of carboxylic acids is 1. The molecule has 7 nitrogen and oxygen atoms in total. The molecule has 0 aliphatic carbocycles. The van der Waals surface area contributed by atoms with Crippen LogP contribution in [0.4, 0.5) is 0 Å². The number of carbonyl (C=O) groups is 2. The van der Waals surface area contributed by atoms with E-state index in [9.17, 15) is 14.7 Å². The van der Waals surface area contributed by atoms with Crippen LogP contribution in [0.2, 0.25) is 0 Å². The number of aliphatic carboxylic acids is 1. The molecule has 142 valence electrons. The van der Waals surface area contributed by atoms with Gasteiger partial charge in [0.15, 0.2) is 0 Å². The molecule has 0 bridgehead atoms. The summed E-state index contributed by atoms with van der Waals surface area (Å²) < 4.78 is 5.58. The molecule has 0 unspecified atom stereocenters. The van der Waals surface area contributed by atoms with Crippen molar-refractivity contribution in [3.8, 4) is 11.6 Å². The Balaban J connectivity index is 2.05. The Morgan fingerprint density at radius 1 is 1.19 bits per heavy atom. The zero-order valence-corrected chi connectivity index (χ0v) is 15.8. The molecule has 0 fully saturated rings. The number of hydrogen-bond acceptors (Lipinski definition) is 5. The van der Waals surface area contributed by atoms with Crippen LogP contribution in [0.3, 0.4) is 0 Å². The first-order valence-corrected chi connectivity index (χ1v) is 8.44. The minimum atomic E-state index is -1.12. The Labute approximate surface area is 158 Å². The van der Waals surface area contributed by atoms with Crippen molar-refractivity contribution in [2.75, 3.05) is 0 Å². The van der Waals surface area contributed by atoms with E-state index in [2.05, 4.69) is 15.3 Å². The molecule has 0 aliphatic rings. The predicted molar refractivity (Wildman–Crippen MR) is 101 cm³/mol. The van der Waals surface area contributed by atoms with E-state index in [-0.39, 0.29) is 5.41 Å². The Hall–Kier alpha value is -3.22. The fraction of sp³-hybridized carbons (Fsp3) is 0.300. The summed E-state index contributed by atoms with van der Waals surface area (Å²) in [5, 5.41) is 11.8. The molecule has 1 heterocycles. The van der Waals surface area contributed by atoms with E-state index in [1.807, 2.05) is 20.8 Å². The van der Waals surface area contributed by atoms with E-state index in [4.69, 9.17) is 4.74 Å². The quantitative estimate of drug-likeness (QED) is 0.757. The van der Waals surface area contributed by atoms with Crippen LogP contribution in [0.1, 0.15) is 36.8 Å². The molecule has 7 heteroatoms. The summed E-state index contributed by atoms with van der Waals surface area (Å²) in [7, 11) is 0. The van der Waals surface area contributed by atoms with E-state index < -0.39 is 17.9 Å². The average Bonchev–Trinajstić information content (AvgIpc) is 2.58. The highest BCUT2D eigenvalue weighted by atomic mass is 16.5. The molecule has 0 aliphatic heterocycles. The number of carboxylic acid groups (broad SMARTS) is 1. The Bertz CT molecular complexity index is 839. The molecular weight excluding hydrogens is 346 g/mol. The van der Waals surface area contributed by atoms with E-state index >= 15 is 0 Å². The van der Waals surface area contributed by atoms with Crippen molar-refractivity contribution in [2.24, 2.45) is 5.41 Å². The number of benzene rings is 1. The summed E-state index contributed by atoms with van der Waals surface area (Å²) in [6, 6.07) is 5.23. The lowest BCUT2D eigenvalue weighted by Gasteiger charge is -2.15. The van der Waals surface area contributed by atoms with E-state index in [0.717, 1.165) is 5.69 Å². The van der Waals surface area contributed by atoms with E-state index in [1.54, 1.807) is 43.5 Å². The molecule has 1 amide bonds. The van der Waals surface area contributed by atoms with Crippen molar-refractivity contribution in [2.45, 2.75) is 33.7 Å². The van der Waals surface area contributed by atoms with Crippen molar-refractivity contribution in [3.63, 3.8) is 0 Å². The van der Waals surface area contributed by atoms with Gasteiger partial charge in [-0.2, -0.15) is 0 Å². The predicted octanol–water partition coefficient (Wildman–Crippen LogP) is 3.36. The lowest BCUT2D eigenvalue weighted by atomic mass is 9.95. The van der Waals surface area contributed by atoms with Gasteiger partial charge in [-0.25, -0.2) is 9.78 Å². The normalized spacial score (nSPS) is 12.6. The number of nitrogens with zero attached hydrogens (tertiary/aromatic N) is 2. The molecular formula is C20H23N3O4. The number of ether oxygens (including phenoxy) is 1. The Kier molecular flexibility index (Phi) is 6.28. The highest BCUT2D eigenvalue weighted by molar-refractivity contribution is 5.97. The fourth-order valence-corrected chi connectivity index (χ4v) is 2.09. The zero-order chi connectivity index (χ0) is 20.0. The van der Waals surface area contributed by atoms with Crippen LogP contribution in [-0.2, 0) is 4.79 Å².